The van der Waals surface area contributed by atoms with E-state index < -0.39 is 0 Å². The van der Waals surface area contributed by atoms with Crippen molar-refractivity contribution in [3.05, 3.63) is 94.9 Å². The van der Waals surface area contributed by atoms with Gasteiger partial charge in [0.15, 0.2) is 0 Å². The number of hydrogen-bond donors (Lipinski definition) is 4. The molecule has 0 unspecified atom stereocenters. The van der Waals surface area contributed by atoms with Gasteiger partial charge >= 0.3 is 0 Å². The summed E-state index contributed by atoms with van der Waals surface area (Å²) in [7, 11) is 0. The average molecular weight is 543 g/mol. The van der Waals surface area contributed by atoms with E-state index in [9.17, 15) is 0 Å². The van der Waals surface area contributed by atoms with Gasteiger partial charge in [0.2, 0.25) is 0 Å². The van der Waals surface area contributed by atoms with Crippen molar-refractivity contribution in [3.63, 3.8) is 0 Å². The highest BCUT2D eigenvalue weighted by Gasteiger charge is 2.41. The van der Waals surface area contributed by atoms with E-state index in [0.717, 1.165) is 36.1 Å². The Morgan fingerprint density at radius 3 is 1.80 bits per heavy atom. The molecule has 0 amide bonds. The topological polar surface area (TPSA) is 81.4 Å². The van der Waals surface area contributed by atoms with Crippen LogP contribution in [-0.2, 0) is 12.8 Å². The van der Waals surface area contributed by atoms with Gasteiger partial charge in [-0.25, -0.2) is 9.97 Å². The molecule has 2 aliphatic carbocycles. The largest absolute Gasteiger partial charge is 0.340 e. The van der Waals surface area contributed by atoms with Crippen molar-refractivity contribution in [1.29, 1.82) is 0 Å². The molecule has 2 aromatic heterocycles. The van der Waals surface area contributed by atoms with Gasteiger partial charge in [-0.15, -0.1) is 0 Å². The number of rotatable bonds is 5. The highest BCUT2D eigenvalue weighted by Crippen LogP contribution is 2.53. The molecule has 4 aliphatic rings. The molecular formula is C35H38N6. The Hall–Kier alpha value is -3.74. The van der Waals surface area contributed by atoms with E-state index in [2.05, 4.69) is 88.0 Å². The van der Waals surface area contributed by atoms with Gasteiger partial charge < -0.3 is 20.6 Å². The fourth-order valence-corrected chi connectivity index (χ4v) is 7.71. The lowest BCUT2D eigenvalue weighted by Gasteiger charge is -2.22. The van der Waals surface area contributed by atoms with E-state index in [1.165, 1.54) is 77.5 Å². The zero-order valence-corrected chi connectivity index (χ0v) is 24.0. The van der Waals surface area contributed by atoms with Crippen LogP contribution in [-0.4, -0.2) is 33.0 Å². The molecule has 1 saturated carbocycles. The second kappa shape index (κ2) is 9.68. The van der Waals surface area contributed by atoms with Crippen LogP contribution in [0.2, 0.25) is 0 Å². The molecule has 0 radical (unpaired) electrons. The maximum atomic E-state index is 4.80. The summed E-state index contributed by atoms with van der Waals surface area (Å²) < 4.78 is 0. The van der Waals surface area contributed by atoms with Crippen molar-refractivity contribution in [3.8, 4) is 33.6 Å². The summed E-state index contributed by atoms with van der Waals surface area (Å²) in [6, 6.07) is 14.1. The Morgan fingerprint density at radius 2 is 1.20 bits per heavy atom. The average Bonchev–Trinajstić information content (AvgIpc) is 3.82. The molecular weight excluding hydrogens is 504 g/mol. The summed E-state index contributed by atoms with van der Waals surface area (Å²) in [5.41, 5.74) is 13.6. The summed E-state index contributed by atoms with van der Waals surface area (Å²) in [4.78, 5) is 16.7. The Morgan fingerprint density at radius 1 is 0.659 bits per heavy atom. The summed E-state index contributed by atoms with van der Waals surface area (Å²) in [6.45, 7) is 6.19. The van der Waals surface area contributed by atoms with Gasteiger partial charge in [0, 0.05) is 18.7 Å². The molecule has 4 heterocycles. The van der Waals surface area contributed by atoms with Crippen LogP contribution in [0, 0.1) is 5.41 Å². The molecule has 41 heavy (non-hydrogen) atoms. The minimum atomic E-state index is 0.174. The minimum absolute atomic E-state index is 0.174. The lowest BCUT2D eigenvalue weighted by Crippen LogP contribution is -2.16. The van der Waals surface area contributed by atoms with Crippen LogP contribution >= 0.6 is 0 Å². The molecule has 6 nitrogen and oxygen atoms in total. The zero-order chi connectivity index (χ0) is 27.6. The molecule has 2 atom stereocenters. The predicted octanol–water partition coefficient (Wildman–Crippen LogP) is 6.97. The number of hydrogen-bond acceptors (Lipinski definition) is 4. The number of fused-ring (bicyclic) bond motifs is 1. The molecule has 4 aromatic rings. The maximum Gasteiger partial charge on any atom is 0.127 e. The SMILES string of the molecule is CC1=C[C@@H](c2ncc(-c3ccc(-c4ccc(-c5cnc([C@@H]6C=C(C)CN6)[nH]5)c5c4CC4(CCCC4)C5)cc3)[nH]2)NC1. The standard InChI is InChI=1S/C35H38N6/c1-21-13-29(36-17-21)33-38-19-31(40-33)24-7-5-23(6-8-24)25-9-10-26(28-16-35(15-27(25)28)11-3-4-12-35)32-20-39-34(41-32)30-14-22(2)18-37-30/h5-10,13-14,19-20,29-30,36-37H,3-4,11-12,15-18H2,1-2H3,(H,38,40)(H,39,41)/t29-,30-/m0/s1. The molecule has 1 fully saturated rings. The normalized spacial score (nSPS) is 22.9. The number of nitrogens with zero attached hydrogens (tertiary/aromatic N) is 2. The number of aromatic nitrogens is 4. The Bertz CT molecular complexity index is 1680. The van der Waals surface area contributed by atoms with Crippen molar-refractivity contribution in [1.82, 2.24) is 30.6 Å². The van der Waals surface area contributed by atoms with Crippen LogP contribution in [0.3, 0.4) is 0 Å². The Kier molecular flexibility index (Phi) is 5.90. The molecule has 0 bridgehead atoms. The van der Waals surface area contributed by atoms with Gasteiger partial charge in [-0.1, -0.05) is 72.5 Å². The van der Waals surface area contributed by atoms with Crippen LogP contribution in [0.5, 0.6) is 0 Å². The van der Waals surface area contributed by atoms with Gasteiger partial charge in [0.05, 0.1) is 35.9 Å². The summed E-state index contributed by atoms with van der Waals surface area (Å²) in [6.07, 6.45) is 16.3. The van der Waals surface area contributed by atoms with E-state index in [1.807, 2.05) is 12.4 Å². The maximum absolute atomic E-state index is 4.80. The highest BCUT2D eigenvalue weighted by molar-refractivity contribution is 5.78. The van der Waals surface area contributed by atoms with Crippen molar-refractivity contribution in [2.24, 2.45) is 5.41 Å². The van der Waals surface area contributed by atoms with Crippen molar-refractivity contribution in [2.45, 2.75) is 64.5 Å². The number of aromatic amines is 2. The molecule has 4 N–H and O–H groups in total. The third kappa shape index (κ3) is 4.41. The molecule has 0 saturated heterocycles. The molecule has 2 aliphatic heterocycles. The van der Waals surface area contributed by atoms with E-state index in [1.54, 1.807) is 5.56 Å². The molecule has 8 rings (SSSR count). The van der Waals surface area contributed by atoms with E-state index in [-0.39, 0.29) is 12.1 Å². The number of imidazole rings is 2. The second-order valence-electron chi connectivity index (χ2n) is 12.9. The van der Waals surface area contributed by atoms with Gasteiger partial charge in [0.25, 0.3) is 0 Å². The van der Waals surface area contributed by atoms with Crippen LogP contribution in [0.1, 0.15) is 74.4 Å². The van der Waals surface area contributed by atoms with E-state index in [4.69, 9.17) is 4.98 Å². The minimum Gasteiger partial charge on any atom is -0.340 e. The first-order valence-corrected chi connectivity index (χ1v) is 15.2. The number of H-pyrrole nitrogens is 2. The zero-order valence-electron chi connectivity index (χ0n) is 24.0. The second-order valence-corrected chi connectivity index (χ2v) is 12.9. The fraction of sp³-hybridized carbons (Fsp3) is 0.371. The lowest BCUT2D eigenvalue weighted by atomic mass is 9.82. The third-order valence-corrected chi connectivity index (χ3v) is 9.88. The fourth-order valence-electron chi connectivity index (χ4n) is 7.71. The van der Waals surface area contributed by atoms with Crippen LogP contribution in [0.15, 0.2) is 72.1 Å². The Labute approximate surface area is 241 Å². The first kappa shape index (κ1) is 25.0. The smallest absolute Gasteiger partial charge is 0.127 e. The predicted molar refractivity (Wildman–Crippen MR) is 164 cm³/mol. The lowest BCUT2D eigenvalue weighted by molar-refractivity contribution is 0.318. The van der Waals surface area contributed by atoms with Crippen LogP contribution < -0.4 is 10.6 Å². The van der Waals surface area contributed by atoms with Crippen molar-refractivity contribution >= 4 is 0 Å². The van der Waals surface area contributed by atoms with Crippen molar-refractivity contribution < 1.29 is 0 Å². The van der Waals surface area contributed by atoms with Gasteiger partial charge in [-0.05, 0) is 72.8 Å². The van der Waals surface area contributed by atoms with Crippen molar-refractivity contribution in [2.75, 3.05) is 13.1 Å². The number of benzene rings is 2. The summed E-state index contributed by atoms with van der Waals surface area (Å²) in [5.74, 6) is 1.99. The van der Waals surface area contributed by atoms with E-state index in [0.29, 0.717) is 5.41 Å². The molecule has 1 spiro atoms. The highest BCUT2D eigenvalue weighted by atomic mass is 15.0. The summed E-state index contributed by atoms with van der Waals surface area (Å²) >= 11 is 0. The van der Waals surface area contributed by atoms with Gasteiger partial charge in [0.1, 0.15) is 11.6 Å². The van der Waals surface area contributed by atoms with E-state index >= 15 is 0 Å². The quantitative estimate of drug-likeness (QED) is 0.205. The Balaban J connectivity index is 1.12. The van der Waals surface area contributed by atoms with Gasteiger partial charge in [-0.3, -0.25) is 0 Å². The third-order valence-electron chi connectivity index (χ3n) is 9.88. The molecule has 208 valence electrons. The van der Waals surface area contributed by atoms with Gasteiger partial charge in [-0.2, -0.15) is 0 Å². The summed E-state index contributed by atoms with van der Waals surface area (Å²) in [5, 5.41) is 7.04. The monoisotopic (exact) mass is 542 g/mol. The molecule has 2 aromatic carbocycles. The van der Waals surface area contributed by atoms with Crippen LogP contribution in [0.25, 0.3) is 33.6 Å². The first-order chi connectivity index (χ1) is 20.0. The molecule has 6 heteroatoms. The number of nitrogens with one attached hydrogen (secondary N) is 4. The van der Waals surface area contributed by atoms with Crippen LogP contribution in [0.4, 0.5) is 0 Å². The first-order valence-electron chi connectivity index (χ1n) is 15.2.